The van der Waals surface area contributed by atoms with Crippen molar-refractivity contribution in [3.8, 4) is 11.5 Å². The van der Waals surface area contributed by atoms with Crippen molar-refractivity contribution in [2.75, 3.05) is 19.0 Å². The first-order valence-corrected chi connectivity index (χ1v) is 8.00. The van der Waals surface area contributed by atoms with E-state index in [1.54, 1.807) is 41.9 Å². The van der Waals surface area contributed by atoms with E-state index >= 15 is 0 Å². The molecule has 0 N–H and O–H groups in total. The van der Waals surface area contributed by atoms with Gasteiger partial charge in [0.05, 0.1) is 12.7 Å². The molecule has 2 aromatic heterocycles. The predicted molar refractivity (Wildman–Crippen MR) is 92.4 cm³/mol. The summed E-state index contributed by atoms with van der Waals surface area (Å²) >= 11 is 0. The zero-order valence-electron chi connectivity index (χ0n) is 14.4. The van der Waals surface area contributed by atoms with E-state index in [0.717, 1.165) is 18.3 Å². The number of aromatic nitrogens is 4. The summed E-state index contributed by atoms with van der Waals surface area (Å²) in [4.78, 5) is 9.87. The first kappa shape index (κ1) is 17.0. The van der Waals surface area contributed by atoms with Gasteiger partial charge in [0.2, 0.25) is 0 Å². The Hall–Kier alpha value is -2.83. The van der Waals surface area contributed by atoms with Crippen molar-refractivity contribution < 1.29 is 8.78 Å². The van der Waals surface area contributed by atoms with Crippen molar-refractivity contribution >= 4 is 5.82 Å². The number of hydrogen-bond donors (Lipinski definition) is 0. The van der Waals surface area contributed by atoms with E-state index in [4.69, 9.17) is 0 Å². The second-order valence-electron chi connectivity index (χ2n) is 5.88. The van der Waals surface area contributed by atoms with Gasteiger partial charge in [0.1, 0.15) is 11.5 Å². The highest BCUT2D eigenvalue weighted by Gasteiger charge is 2.15. The maximum atomic E-state index is 13.9. The Morgan fingerprint density at radius 3 is 2.56 bits per heavy atom. The minimum absolute atomic E-state index is 0.201. The van der Waals surface area contributed by atoms with Crippen LogP contribution in [0.3, 0.4) is 0 Å². The number of nitrogens with zero attached hydrogens (tertiary/aromatic N) is 5. The van der Waals surface area contributed by atoms with Crippen molar-refractivity contribution in [1.82, 2.24) is 19.7 Å². The Kier molecular flexibility index (Phi) is 4.74. The summed E-state index contributed by atoms with van der Waals surface area (Å²) in [6, 6.07) is 8.46. The smallest absolute Gasteiger partial charge is 0.183 e. The lowest BCUT2D eigenvalue weighted by Crippen LogP contribution is -2.13. The molecular formula is C18H19F2N5. The molecule has 0 spiro atoms. The summed E-state index contributed by atoms with van der Waals surface area (Å²) in [5.74, 6) is -0.219. The van der Waals surface area contributed by atoms with Gasteiger partial charge < -0.3 is 4.90 Å². The van der Waals surface area contributed by atoms with Crippen LogP contribution >= 0.6 is 0 Å². The summed E-state index contributed by atoms with van der Waals surface area (Å²) in [5, 5.41) is 4.50. The number of halogens is 2. The molecule has 0 saturated carbocycles. The van der Waals surface area contributed by atoms with Crippen molar-refractivity contribution in [2.45, 2.75) is 19.9 Å². The largest absolute Gasteiger partial charge is 0.360 e. The lowest BCUT2D eigenvalue weighted by molar-refractivity contribution is 0.576. The van der Waals surface area contributed by atoms with Gasteiger partial charge in [0.25, 0.3) is 0 Å². The van der Waals surface area contributed by atoms with Gasteiger partial charge in [-0.3, -0.25) is 4.68 Å². The van der Waals surface area contributed by atoms with Gasteiger partial charge in [0, 0.05) is 25.4 Å². The van der Waals surface area contributed by atoms with Crippen LogP contribution in [0.5, 0.6) is 0 Å². The molecule has 3 rings (SSSR count). The van der Waals surface area contributed by atoms with Crippen LogP contribution in [0, 0.1) is 11.6 Å². The maximum Gasteiger partial charge on any atom is 0.183 e. The van der Waals surface area contributed by atoms with Crippen LogP contribution in [-0.4, -0.2) is 33.8 Å². The summed E-state index contributed by atoms with van der Waals surface area (Å²) < 4.78 is 29.4. The Morgan fingerprint density at radius 1 is 1.12 bits per heavy atom. The van der Waals surface area contributed by atoms with Gasteiger partial charge in [-0.15, -0.1) is 0 Å². The van der Waals surface area contributed by atoms with E-state index in [1.165, 1.54) is 6.07 Å². The van der Waals surface area contributed by atoms with Gasteiger partial charge in [0.15, 0.2) is 17.5 Å². The molecule has 5 nitrogen and oxygen atoms in total. The van der Waals surface area contributed by atoms with E-state index in [-0.39, 0.29) is 11.6 Å². The molecule has 0 amide bonds. The van der Waals surface area contributed by atoms with E-state index in [2.05, 4.69) is 15.1 Å². The minimum atomic E-state index is -0.491. The molecule has 2 heterocycles. The van der Waals surface area contributed by atoms with Crippen molar-refractivity contribution in [3.63, 3.8) is 0 Å². The summed E-state index contributed by atoms with van der Waals surface area (Å²) in [7, 11) is 3.42. The first-order chi connectivity index (χ1) is 12.0. The van der Waals surface area contributed by atoms with Crippen molar-refractivity contribution in [3.05, 3.63) is 59.4 Å². The molecule has 7 heteroatoms. The average molecular weight is 343 g/mol. The third kappa shape index (κ3) is 3.50. The van der Waals surface area contributed by atoms with Crippen molar-refractivity contribution in [2.24, 2.45) is 0 Å². The van der Waals surface area contributed by atoms with Gasteiger partial charge in [-0.25, -0.2) is 18.7 Å². The van der Waals surface area contributed by atoms with Gasteiger partial charge in [-0.1, -0.05) is 25.1 Å². The molecule has 25 heavy (non-hydrogen) atoms. The molecule has 0 aliphatic heterocycles. The number of aryl methyl sites for hydroxylation is 1. The van der Waals surface area contributed by atoms with E-state index in [0.29, 0.717) is 23.6 Å². The normalized spacial score (nSPS) is 10.9. The van der Waals surface area contributed by atoms with E-state index in [9.17, 15) is 8.78 Å². The third-order valence-corrected chi connectivity index (χ3v) is 3.88. The minimum Gasteiger partial charge on any atom is -0.360 e. The fraction of sp³-hybridized carbons (Fsp3) is 0.278. The average Bonchev–Trinajstić information content (AvgIpc) is 3.00. The monoisotopic (exact) mass is 343 g/mol. The zero-order valence-corrected chi connectivity index (χ0v) is 14.4. The van der Waals surface area contributed by atoms with Gasteiger partial charge >= 0.3 is 0 Å². The SMILES string of the molecule is CCc1cc(-c2ncc(F)c(N(C)C)n2)nn1Cc1ccccc1F. The van der Waals surface area contributed by atoms with Crippen LogP contribution in [0.15, 0.2) is 36.5 Å². The summed E-state index contributed by atoms with van der Waals surface area (Å²) in [6.45, 7) is 2.31. The number of anilines is 1. The molecule has 0 atom stereocenters. The molecule has 130 valence electrons. The molecule has 0 fully saturated rings. The van der Waals surface area contributed by atoms with Crippen LogP contribution in [0.25, 0.3) is 11.5 Å². The zero-order chi connectivity index (χ0) is 18.0. The summed E-state index contributed by atoms with van der Waals surface area (Å²) in [6.07, 6.45) is 1.86. The first-order valence-electron chi connectivity index (χ1n) is 8.00. The Bertz CT molecular complexity index is 889. The number of benzene rings is 1. The molecule has 0 aliphatic carbocycles. The molecule has 0 radical (unpaired) electrons. The number of hydrogen-bond acceptors (Lipinski definition) is 4. The quantitative estimate of drug-likeness (QED) is 0.713. The van der Waals surface area contributed by atoms with E-state index in [1.807, 2.05) is 13.0 Å². The molecule has 0 aliphatic rings. The molecule has 0 unspecified atom stereocenters. The van der Waals surface area contributed by atoms with Crippen LogP contribution in [0.1, 0.15) is 18.2 Å². The molecule has 0 saturated heterocycles. The Morgan fingerprint density at radius 2 is 1.88 bits per heavy atom. The van der Waals surface area contributed by atoms with Crippen LogP contribution in [0.4, 0.5) is 14.6 Å². The predicted octanol–water partition coefficient (Wildman–Crippen LogP) is 3.30. The lowest BCUT2D eigenvalue weighted by atomic mass is 10.2. The van der Waals surface area contributed by atoms with Gasteiger partial charge in [-0.2, -0.15) is 5.10 Å². The number of rotatable bonds is 5. The second-order valence-corrected chi connectivity index (χ2v) is 5.88. The Labute approximate surface area is 145 Å². The third-order valence-electron chi connectivity index (χ3n) is 3.88. The van der Waals surface area contributed by atoms with Crippen LogP contribution < -0.4 is 4.90 Å². The highest BCUT2D eigenvalue weighted by atomic mass is 19.1. The highest BCUT2D eigenvalue weighted by Crippen LogP contribution is 2.21. The standard InChI is InChI=1S/C18H19F2N5/c1-4-13-9-16(17-21-10-15(20)18(22-17)24(2)3)23-25(13)11-12-7-5-6-8-14(12)19/h5-10H,4,11H2,1-3H3. The van der Waals surface area contributed by atoms with Crippen LogP contribution in [-0.2, 0) is 13.0 Å². The topological polar surface area (TPSA) is 46.8 Å². The molecule has 0 bridgehead atoms. The molecule has 3 aromatic rings. The second kappa shape index (κ2) is 6.96. The van der Waals surface area contributed by atoms with E-state index < -0.39 is 5.82 Å². The van der Waals surface area contributed by atoms with Crippen LogP contribution in [0.2, 0.25) is 0 Å². The fourth-order valence-electron chi connectivity index (χ4n) is 2.57. The molecular weight excluding hydrogens is 324 g/mol. The molecule has 1 aromatic carbocycles. The lowest BCUT2D eigenvalue weighted by Gasteiger charge is -2.12. The maximum absolute atomic E-state index is 13.9. The fourth-order valence-corrected chi connectivity index (χ4v) is 2.57. The van der Waals surface area contributed by atoms with Gasteiger partial charge in [-0.05, 0) is 18.6 Å². The Balaban J connectivity index is 1.98. The summed E-state index contributed by atoms with van der Waals surface area (Å²) in [5.41, 5.74) is 2.02. The van der Waals surface area contributed by atoms with Crippen molar-refractivity contribution in [1.29, 1.82) is 0 Å². The highest BCUT2D eigenvalue weighted by molar-refractivity contribution is 5.53.